The Morgan fingerprint density at radius 3 is 3.12 bits per heavy atom. The van der Waals surface area contributed by atoms with E-state index in [0.717, 1.165) is 25.7 Å². The van der Waals surface area contributed by atoms with Gasteiger partial charge in [-0.15, -0.1) is 0 Å². The Balaban J connectivity index is 1.54. The predicted molar refractivity (Wildman–Crippen MR) is 62.5 cm³/mol. The number of nitrogens with one attached hydrogen (secondary N) is 1. The van der Waals surface area contributed by atoms with Crippen LogP contribution < -0.4 is 5.32 Å². The predicted octanol–water partition coefficient (Wildman–Crippen LogP) is 2.06. The molecule has 0 radical (unpaired) electrons. The van der Waals surface area contributed by atoms with Crippen molar-refractivity contribution in [1.82, 2.24) is 9.55 Å². The van der Waals surface area contributed by atoms with Crippen LogP contribution in [0.4, 0.5) is 5.95 Å². The first kappa shape index (κ1) is 10.1. The largest absolute Gasteiger partial charge is 0.381 e. The topological polar surface area (TPSA) is 39.1 Å². The van der Waals surface area contributed by atoms with E-state index >= 15 is 0 Å². The molecule has 1 aromatic heterocycles. The van der Waals surface area contributed by atoms with Gasteiger partial charge in [-0.2, -0.15) is 0 Å². The molecule has 4 heteroatoms. The number of rotatable bonds is 4. The van der Waals surface area contributed by atoms with Crippen LogP contribution in [0.1, 0.15) is 31.7 Å². The third-order valence-corrected chi connectivity index (χ3v) is 3.41. The molecule has 1 aliphatic heterocycles. The Bertz CT molecular complexity index is 340. The summed E-state index contributed by atoms with van der Waals surface area (Å²) < 4.78 is 7.74. The number of anilines is 1. The first-order valence-electron chi connectivity index (χ1n) is 6.28. The second-order valence-corrected chi connectivity index (χ2v) is 4.85. The average Bonchev–Trinajstić information content (AvgIpc) is 3.07. The van der Waals surface area contributed by atoms with Gasteiger partial charge in [-0.25, -0.2) is 4.98 Å². The van der Waals surface area contributed by atoms with Crippen LogP contribution in [0.25, 0.3) is 0 Å². The van der Waals surface area contributed by atoms with E-state index in [1.165, 1.54) is 25.7 Å². The molecule has 1 aromatic rings. The molecule has 2 aliphatic rings. The lowest BCUT2D eigenvalue weighted by molar-refractivity contribution is 0.0594. The Hall–Kier alpha value is -1.03. The molecule has 1 unspecified atom stereocenters. The number of hydrogen-bond donors (Lipinski definition) is 1. The summed E-state index contributed by atoms with van der Waals surface area (Å²) in [5.41, 5.74) is 0. The van der Waals surface area contributed by atoms with Gasteiger partial charge in [-0.1, -0.05) is 0 Å². The molecule has 0 bridgehead atoms. The van der Waals surface area contributed by atoms with Crippen molar-refractivity contribution in [2.45, 2.75) is 31.7 Å². The lowest BCUT2D eigenvalue weighted by Crippen LogP contribution is -2.25. The highest BCUT2D eigenvalue weighted by Gasteiger charge is 2.25. The van der Waals surface area contributed by atoms with Gasteiger partial charge in [-0.05, 0) is 31.6 Å². The fraction of sp³-hybridized carbons (Fsp3) is 0.750. The maximum atomic E-state index is 5.47. The van der Waals surface area contributed by atoms with Gasteiger partial charge in [0.15, 0.2) is 0 Å². The molecule has 2 fully saturated rings. The Morgan fingerprint density at radius 2 is 2.38 bits per heavy atom. The van der Waals surface area contributed by atoms with Gasteiger partial charge in [0.1, 0.15) is 0 Å². The molecule has 1 saturated heterocycles. The average molecular weight is 221 g/mol. The minimum Gasteiger partial charge on any atom is -0.381 e. The zero-order chi connectivity index (χ0) is 10.8. The maximum Gasteiger partial charge on any atom is 0.203 e. The standard InChI is InChI=1S/C12H19N3O/c1-2-10(9-16-7-1)8-14-12-13-5-6-15(12)11-3-4-11/h5-6,10-11H,1-4,7-9H2,(H,13,14). The van der Waals surface area contributed by atoms with Crippen molar-refractivity contribution in [2.24, 2.45) is 5.92 Å². The van der Waals surface area contributed by atoms with Gasteiger partial charge in [0.2, 0.25) is 5.95 Å². The van der Waals surface area contributed by atoms with Gasteiger partial charge < -0.3 is 14.6 Å². The summed E-state index contributed by atoms with van der Waals surface area (Å²) in [5.74, 6) is 1.69. The number of hydrogen-bond acceptors (Lipinski definition) is 3. The summed E-state index contributed by atoms with van der Waals surface area (Å²) in [6.45, 7) is 2.83. The summed E-state index contributed by atoms with van der Waals surface area (Å²) in [5, 5.41) is 3.46. The van der Waals surface area contributed by atoms with Crippen LogP contribution in [0, 0.1) is 5.92 Å². The fourth-order valence-electron chi connectivity index (χ4n) is 2.30. The molecule has 4 nitrogen and oxygen atoms in total. The lowest BCUT2D eigenvalue weighted by Gasteiger charge is -2.22. The second-order valence-electron chi connectivity index (χ2n) is 4.85. The van der Waals surface area contributed by atoms with Gasteiger partial charge in [0.05, 0.1) is 6.61 Å². The van der Waals surface area contributed by atoms with E-state index in [2.05, 4.69) is 21.1 Å². The van der Waals surface area contributed by atoms with Crippen molar-refractivity contribution < 1.29 is 4.74 Å². The van der Waals surface area contributed by atoms with Crippen molar-refractivity contribution in [3.8, 4) is 0 Å². The van der Waals surface area contributed by atoms with Crippen LogP contribution in [0.2, 0.25) is 0 Å². The molecule has 1 atom stereocenters. The zero-order valence-electron chi connectivity index (χ0n) is 9.56. The van der Waals surface area contributed by atoms with Crippen LogP contribution in [0.3, 0.4) is 0 Å². The van der Waals surface area contributed by atoms with Gasteiger partial charge >= 0.3 is 0 Å². The SMILES string of the molecule is c1cn(C2CC2)c(NCC2CCCOC2)n1. The summed E-state index contributed by atoms with van der Waals surface area (Å²) in [4.78, 5) is 4.37. The summed E-state index contributed by atoms with van der Waals surface area (Å²) in [6.07, 6.45) is 9.05. The highest BCUT2D eigenvalue weighted by molar-refractivity contribution is 5.27. The van der Waals surface area contributed by atoms with E-state index in [1.54, 1.807) is 0 Å². The molecule has 0 spiro atoms. The van der Waals surface area contributed by atoms with E-state index < -0.39 is 0 Å². The Labute approximate surface area is 96.0 Å². The first-order valence-corrected chi connectivity index (χ1v) is 6.28. The highest BCUT2D eigenvalue weighted by atomic mass is 16.5. The van der Waals surface area contributed by atoms with Crippen LogP contribution >= 0.6 is 0 Å². The molecular weight excluding hydrogens is 202 g/mol. The van der Waals surface area contributed by atoms with Crippen molar-refractivity contribution in [3.63, 3.8) is 0 Å². The maximum absolute atomic E-state index is 5.47. The van der Waals surface area contributed by atoms with Crippen molar-refractivity contribution >= 4 is 5.95 Å². The van der Waals surface area contributed by atoms with Crippen LogP contribution in [-0.2, 0) is 4.74 Å². The molecule has 0 amide bonds. The fourth-order valence-corrected chi connectivity index (χ4v) is 2.30. The molecule has 3 rings (SSSR count). The quantitative estimate of drug-likeness (QED) is 0.845. The molecule has 1 saturated carbocycles. The normalized spacial score (nSPS) is 25.6. The Kier molecular flexibility index (Phi) is 2.82. The molecule has 88 valence electrons. The van der Waals surface area contributed by atoms with Crippen molar-refractivity contribution in [3.05, 3.63) is 12.4 Å². The van der Waals surface area contributed by atoms with Crippen LogP contribution in [0.15, 0.2) is 12.4 Å². The molecule has 0 aromatic carbocycles. The number of ether oxygens (including phenoxy) is 1. The lowest BCUT2D eigenvalue weighted by atomic mass is 10.0. The monoisotopic (exact) mass is 221 g/mol. The highest BCUT2D eigenvalue weighted by Crippen LogP contribution is 2.36. The molecular formula is C12H19N3O. The third kappa shape index (κ3) is 2.21. The van der Waals surface area contributed by atoms with Crippen molar-refractivity contribution in [2.75, 3.05) is 25.1 Å². The summed E-state index contributed by atoms with van der Waals surface area (Å²) in [7, 11) is 0. The van der Waals surface area contributed by atoms with E-state index in [1.807, 2.05) is 6.20 Å². The van der Waals surface area contributed by atoms with Gasteiger partial charge in [0, 0.05) is 31.6 Å². The smallest absolute Gasteiger partial charge is 0.203 e. The van der Waals surface area contributed by atoms with Crippen LogP contribution in [0.5, 0.6) is 0 Å². The second kappa shape index (κ2) is 4.45. The minimum absolute atomic E-state index is 0.651. The van der Waals surface area contributed by atoms with Gasteiger partial charge in [0.25, 0.3) is 0 Å². The van der Waals surface area contributed by atoms with E-state index in [4.69, 9.17) is 4.74 Å². The molecule has 1 N–H and O–H groups in total. The van der Waals surface area contributed by atoms with Crippen LogP contribution in [-0.4, -0.2) is 29.3 Å². The van der Waals surface area contributed by atoms with E-state index in [9.17, 15) is 0 Å². The van der Waals surface area contributed by atoms with Gasteiger partial charge in [-0.3, -0.25) is 0 Å². The third-order valence-electron chi connectivity index (χ3n) is 3.41. The van der Waals surface area contributed by atoms with Crippen molar-refractivity contribution in [1.29, 1.82) is 0 Å². The van der Waals surface area contributed by atoms with E-state index in [-0.39, 0.29) is 0 Å². The molecule has 2 heterocycles. The minimum atomic E-state index is 0.651. The number of aromatic nitrogens is 2. The Morgan fingerprint density at radius 1 is 1.44 bits per heavy atom. The summed E-state index contributed by atoms with van der Waals surface area (Å²) >= 11 is 0. The number of nitrogens with zero attached hydrogens (tertiary/aromatic N) is 2. The first-order chi connectivity index (χ1) is 7.93. The molecule has 16 heavy (non-hydrogen) atoms. The van der Waals surface area contributed by atoms with E-state index in [0.29, 0.717) is 12.0 Å². The molecule has 1 aliphatic carbocycles. The summed E-state index contributed by atoms with van der Waals surface area (Å²) in [6, 6.07) is 0.701. The zero-order valence-corrected chi connectivity index (χ0v) is 9.56. The number of imidazole rings is 1.